The molecule has 3 aromatic carbocycles. The molecule has 5 rings (SSSR count). The summed E-state index contributed by atoms with van der Waals surface area (Å²) in [5.41, 5.74) is 5.34. The molecule has 0 bridgehead atoms. The molecule has 0 saturated heterocycles. The minimum atomic E-state index is 0.688. The summed E-state index contributed by atoms with van der Waals surface area (Å²) in [6.07, 6.45) is 0. The van der Waals surface area contributed by atoms with Crippen molar-refractivity contribution in [2.24, 2.45) is 0 Å². The van der Waals surface area contributed by atoms with Crippen molar-refractivity contribution in [3.8, 4) is 17.1 Å². The molecule has 0 radical (unpaired) electrons. The minimum Gasteiger partial charge on any atom is -0.341 e. The molecule has 0 unspecified atom stereocenters. The first-order valence-electron chi connectivity index (χ1n) is 9.42. The lowest BCUT2D eigenvalue weighted by Gasteiger charge is -2.10. The van der Waals surface area contributed by atoms with E-state index in [2.05, 4.69) is 68.1 Å². The molecule has 0 fully saturated rings. The standard InChI is InChI=1S/C23H19N5S/c1-16-11-13-17(14-12-16)22-26-27-23(28(22)18-7-3-2-4-8-18)29-15-21-24-19-9-5-6-10-20(19)25-21/h2-14H,15H2,1H3,(H,24,25). The third kappa shape index (κ3) is 3.54. The van der Waals surface area contributed by atoms with E-state index in [9.17, 15) is 0 Å². The van der Waals surface area contributed by atoms with Gasteiger partial charge in [0, 0.05) is 11.3 Å². The highest BCUT2D eigenvalue weighted by atomic mass is 32.2. The van der Waals surface area contributed by atoms with Crippen molar-refractivity contribution in [1.29, 1.82) is 0 Å². The van der Waals surface area contributed by atoms with Crippen molar-refractivity contribution < 1.29 is 0 Å². The van der Waals surface area contributed by atoms with Crippen molar-refractivity contribution in [2.45, 2.75) is 17.8 Å². The van der Waals surface area contributed by atoms with Crippen LogP contribution in [0.2, 0.25) is 0 Å². The number of H-pyrrole nitrogens is 1. The highest BCUT2D eigenvalue weighted by Crippen LogP contribution is 2.29. The van der Waals surface area contributed by atoms with Gasteiger partial charge in [0.05, 0.1) is 16.8 Å². The third-order valence-corrected chi connectivity index (χ3v) is 5.67. The Morgan fingerprint density at radius 2 is 1.62 bits per heavy atom. The lowest BCUT2D eigenvalue weighted by molar-refractivity contribution is 0.884. The zero-order chi connectivity index (χ0) is 19.6. The molecule has 1 N–H and O–H groups in total. The second kappa shape index (κ2) is 7.56. The summed E-state index contributed by atoms with van der Waals surface area (Å²) >= 11 is 1.62. The molecule has 0 amide bonds. The summed E-state index contributed by atoms with van der Waals surface area (Å²) in [6, 6.07) is 26.7. The number of nitrogens with zero attached hydrogens (tertiary/aromatic N) is 4. The number of nitrogens with one attached hydrogen (secondary N) is 1. The summed E-state index contributed by atoms with van der Waals surface area (Å²) in [5, 5.41) is 9.84. The largest absolute Gasteiger partial charge is 0.341 e. The average molecular weight is 398 g/mol. The average Bonchev–Trinajstić information content (AvgIpc) is 3.37. The Labute approximate surface area is 172 Å². The SMILES string of the molecule is Cc1ccc(-c2nnc(SCc3nc4ccccc4[nH]3)n2-c2ccccc2)cc1. The van der Waals surface area contributed by atoms with Gasteiger partial charge in [-0.2, -0.15) is 0 Å². The first-order chi connectivity index (χ1) is 14.3. The molecule has 142 valence electrons. The van der Waals surface area contributed by atoms with Crippen molar-refractivity contribution in [1.82, 2.24) is 24.7 Å². The third-order valence-electron chi connectivity index (χ3n) is 4.73. The van der Waals surface area contributed by atoms with Crippen LogP contribution in [-0.4, -0.2) is 24.7 Å². The molecule has 5 nitrogen and oxygen atoms in total. The second-order valence-corrected chi connectivity index (χ2v) is 7.77. The van der Waals surface area contributed by atoms with Crippen molar-refractivity contribution in [3.63, 3.8) is 0 Å². The van der Waals surface area contributed by atoms with E-state index >= 15 is 0 Å². The van der Waals surface area contributed by atoms with Crippen LogP contribution in [0.3, 0.4) is 0 Å². The van der Waals surface area contributed by atoms with Crippen LogP contribution in [-0.2, 0) is 5.75 Å². The van der Waals surface area contributed by atoms with E-state index in [-0.39, 0.29) is 0 Å². The molecule has 0 atom stereocenters. The number of aromatic nitrogens is 5. The Balaban J connectivity index is 1.51. The monoisotopic (exact) mass is 397 g/mol. The van der Waals surface area contributed by atoms with Gasteiger partial charge in [-0.05, 0) is 31.2 Å². The molecule has 6 heteroatoms. The summed E-state index contributed by atoms with van der Waals surface area (Å²) in [5.74, 6) is 2.45. The first kappa shape index (κ1) is 17.7. The second-order valence-electron chi connectivity index (χ2n) is 6.83. The van der Waals surface area contributed by atoms with E-state index in [4.69, 9.17) is 0 Å². The zero-order valence-electron chi connectivity index (χ0n) is 15.9. The van der Waals surface area contributed by atoms with Crippen molar-refractivity contribution in [3.05, 3.63) is 90.3 Å². The smallest absolute Gasteiger partial charge is 0.196 e. The fraction of sp³-hybridized carbons (Fsp3) is 0.0870. The fourth-order valence-corrected chi connectivity index (χ4v) is 4.09. The van der Waals surface area contributed by atoms with Gasteiger partial charge in [-0.3, -0.25) is 4.57 Å². The predicted molar refractivity (Wildman–Crippen MR) is 117 cm³/mol. The van der Waals surface area contributed by atoms with E-state index in [1.54, 1.807) is 11.8 Å². The number of thioether (sulfide) groups is 1. The molecule has 2 heterocycles. The predicted octanol–water partition coefficient (Wildman–Crippen LogP) is 5.41. The lowest BCUT2D eigenvalue weighted by atomic mass is 10.1. The van der Waals surface area contributed by atoms with Crippen LogP contribution in [0.5, 0.6) is 0 Å². The van der Waals surface area contributed by atoms with E-state index < -0.39 is 0 Å². The maximum Gasteiger partial charge on any atom is 0.196 e. The summed E-state index contributed by atoms with van der Waals surface area (Å²) < 4.78 is 2.11. The highest BCUT2D eigenvalue weighted by molar-refractivity contribution is 7.98. The lowest BCUT2D eigenvalue weighted by Crippen LogP contribution is -1.99. The van der Waals surface area contributed by atoms with Gasteiger partial charge in [0.2, 0.25) is 0 Å². The van der Waals surface area contributed by atoms with Crippen LogP contribution >= 0.6 is 11.8 Å². The van der Waals surface area contributed by atoms with E-state index in [0.29, 0.717) is 5.75 Å². The quantitative estimate of drug-likeness (QED) is 0.403. The number of aromatic amines is 1. The maximum atomic E-state index is 4.67. The number of hydrogen-bond acceptors (Lipinski definition) is 4. The first-order valence-corrected chi connectivity index (χ1v) is 10.4. The number of imidazole rings is 1. The number of fused-ring (bicyclic) bond motifs is 1. The minimum absolute atomic E-state index is 0.688. The molecule has 0 spiro atoms. The van der Waals surface area contributed by atoms with Crippen LogP contribution in [0.15, 0.2) is 84.0 Å². The Morgan fingerprint density at radius 1 is 0.862 bits per heavy atom. The molecular weight excluding hydrogens is 378 g/mol. The van der Waals surface area contributed by atoms with Gasteiger partial charge < -0.3 is 4.98 Å². The van der Waals surface area contributed by atoms with Gasteiger partial charge >= 0.3 is 0 Å². The van der Waals surface area contributed by atoms with Gasteiger partial charge in [-0.25, -0.2) is 4.98 Å². The number of rotatable bonds is 5. The maximum absolute atomic E-state index is 4.67. The molecule has 2 aromatic heterocycles. The Kier molecular flexibility index (Phi) is 4.62. The van der Waals surface area contributed by atoms with Crippen LogP contribution in [0.1, 0.15) is 11.4 Å². The molecule has 0 aliphatic carbocycles. The summed E-state index contributed by atoms with van der Waals surface area (Å²) in [7, 11) is 0. The molecule has 5 aromatic rings. The Hall–Kier alpha value is -3.38. The number of aryl methyl sites for hydroxylation is 1. The van der Waals surface area contributed by atoms with Crippen molar-refractivity contribution >= 4 is 22.8 Å². The molecule has 0 saturated carbocycles. The zero-order valence-corrected chi connectivity index (χ0v) is 16.7. The number of benzene rings is 3. The van der Waals surface area contributed by atoms with E-state index in [1.807, 2.05) is 42.5 Å². The normalized spacial score (nSPS) is 11.2. The number of hydrogen-bond donors (Lipinski definition) is 1. The Morgan fingerprint density at radius 3 is 2.41 bits per heavy atom. The van der Waals surface area contributed by atoms with Crippen LogP contribution in [0.4, 0.5) is 0 Å². The van der Waals surface area contributed by atoms with Crippen LogP contribution in [0.25, 0.3) is 28.1 Å². The molecular formula is C23H19N5S. The van der Waals surface area contributed by atoms with Gasteiger partial charge in [0.1, 0.15) is 5.82 Å². The Bertz CT molecular complexity index is 1220. The van der Waals surface area contributed by atoms with Gasteiger partial charge in [-0.1, -0.05) is 71.9 Å². The molecule has 29 heavy (non-hydrogen) atoms. The molecule has 0 aliphatic heterocycles. The van der Waals surface area contributed by atoms with E-state index in [1.165, 1.54) is 5.56 Å². The summed E-state index contributed by atoms with van der Waals surface area (Å²) in [4.78, 5) is 8.05. The fourth-order valence-electron chi connectivity index (χ4n) is 3.27. The van der Waals surface area contributed by atoms with Crippen LogP contribution in [0, 0.1) is 6.92 Å². The van der Waals surface area contributed by atoms with Crippen molar-refractivity contribution in [2.75, 3.05) is 0 Å². The highest BCUT2D eigenvalue weighted by Gasteiger charge is 2.16. The van der Waals surface area contributed by atoms with Gasteiger partial charge in [-0.15, -0.1) is 10.2 Å². The van der Waals surface area contributed by atoms with Crippen LogP contribution < -0.4 is 0 Å². The van der Waals surface area contributed by atoms with Gasteiger partial charge in [0.15, 0.2) is 11.0 Å². The summed E-state index contributed by atoms with van der Waals surface area (Å²) in [6.45, 7) is 2.08. The topological polar surface area (TPSA) is 59.4 Å². The molecule has 0 aliphatic rings. The number of para-hydroxylation sites is 3. The van der Waals surface area contributed by atoms with E-state index in [0.717, 1.165) is 39.1 Å². The van der Waals surface area contributed by atoms with Gasteiger partial charge in [0.25, 0.3) is 0 Å².